The highest BCUT2D eigenvalue weighted by atomic mass is 79.9. The molecule has 0 heterocycles. The Morgan fingerprint density at radius 3 is 2.47 bits per heavy atom. The van der Waals surface area contributed by atoms with E-state index in [2.05, 4.69) is 58.5 Å². The summed E-state index contributed by atoms with van der Waals surface area (Å²) in [5, 5.41) is 3.52. The minimum atomic E-state index is 0.134. The van der Waals surface area contributed by atoms with Gasteiger partial charge in [0, 0.05) is 16.7 Å². The summed E-state index contributed by atoms with van der Waals surface area (Å²) in [7, 11) is 0. The van der Waals surface area contributed by atoms with Crippen molar-refractivity contribution >= 4 is 21.6 Å². The van der Waals surface area contributed by atoms with Gasteiger partial charge in [0.05, 0.1) is 6.04 Å². The third kappa shape index (κ3) is 3.37. The summed E-state index contributed by atoms with van der Waals surface area (Å²) in [6.07, 6.45) is 1.02. The fourth-order valence-electron chi connectivity index (χ4n) is 2.23. The molecule has 0 fully saturated rings. The van der Waals surface area contributed by atoms with E-state index < -0.39 is 0 Å². The van der Waals surface area contributed by atoms with E-state index in [9.17, 15) is 0 Å². The van der Waals surface area contributed by atoms with Gasteiger partial charge in [-0.25, -0.2) is 0 Å². The lowest BCUT2D eigenvalue weighted by Gasteiger charge is -2.22. The molecule has 3 heteroatoms. The van der Waals surface area contributed by atoms with Gasteiger partial charge in [-0.15, -0.1) is 0 Å². The van der Waals surface area contributed by atoms with Crippen LogP contribution in [-0.4, -0.2) is 6.54 Å². The molecule has 0 aliphatic rings. The molecular formula is C16H19BrN2. The predicted octanol–water partition coefficient (Wildman–Crippen LogP) is 4.12. The maximum atomic E-state index is 5.95. The molecule has 2 aromatic carbocycles. The SMILES string of the molecule is CCc1ccccc1C(CN)Nc1ccccc1Br. The molecule has 2 rings (SSSR count). The summed E-state index contributed by atoms with van der Waals surface area (Å²) in [6, 6.07) is 16.7. The van der Waals surface area contributed by atoms with Crippen LogP contribution in [0.15, 0.2) is 53.0 Å². The molecule has 0 saturated carbocycles. The fourth-order valence-corrected chi connectivity index (χ4v) is 2.62. The van der Waals surface area contributed by atoms with E-state index in [-0.39, 0.29) is 6.04 Å². The van der Waals surface area contributed by atoms with Gasteiger partial charge in [0.25, 0.3) is 0 Å². The van der Waals surface area contributed by atoms with E-state index >= 15 is 0 Å². The quantitative estimate of drug-likeness (QED) is 0.870. The number of para-hydroxylation sites is 1. The van der Waals surface area contributed by atoms with Crippen LogP contribution in [0.25, 0.3) is 0 Å². The molecule has 0 bridgehead atoms. The topological polar surface area (TPSA) is 38.0 Å². The molecular weight excluding hydrogens is 300 g/mol. The van der Waals surface area contributed by atoms with Crippen molar-refractivity contribution in [2.24, 2.45) is 5.73 Å². The van der Waals surface area contributed by atoms with Crippen LogP contribution in [0.2, 0.25) is 0 Å². The average Bonchev–Trinajstić information content (AvgIpc) is 2.46. The summed E-state index contributed by atoms with van der Waals surface area (Å²) < 4.78 is 1.06. The zero-order chi connectivity index (χ0) is 13.7. The second-order valence-corrected chi connectivity index (χ2v) is 5.32. The van der Waals surface area contributed by atoms with Gasteiger partial charge >= 0.3 is 0 Å². The standard InChI is InChI=1S/C16H19BrN2/c1-2-12-7-3-4-8-13(12)16(11-18)19-15-10-6-5-9-14(15)17/h3-10,16,19H,2,11,18H2,1H3. The zero-order valence-electron chi connectivity index (χ0n) is 11.1. The van der Waals surface area contributed by atoms with Gasteiger partial charge < -0.3 is 11.1 Å². The first-order valence-electron chi connectivity index (χ1n) is 6.55. The van der Waals surface area contributed by atoms with Crippen LogP contribution in [0.5, 0.6) is 0 Å². The van der Waals surface area contributed by atoms with Crippen molar-refractivity contribution in [3.8, 4) is 0 Å². The lowest BCUT2D eigenvalue weighted by atomic mass is 9.98. The number of nitrogens with two attached hydrogens (primary N) is 1. The van der Waals surface area contributed by atoms with E-state index in [0.29, 0.717) is 6.54 Å². The molecule has 19 heavy (non-hydrogen) atoms. The molecule has 0 aliphatic carbocycles. The van der Waals surface area contributed by atoms with Crippen molar-refractivity contribution < 1.29 is 0 Å². The van der Waals surface area contributed by atoms with Crippen LogP contribution < -0.4 is 11.1 Å². The Kier molecular flexibility index (Phi) is 5.00. The second-order valence-electron chi connectivity index (χ2n) is 4.46. The van der Waals surface area contributed by atoms with Gasteiger partial charge in [0.15, 0.2) is 0 Å². The largest absolute Gasteiger partial charge is 0.376 e. The van der Waals surface area contributed by atoms with Crippen molar-refractivity contribution in [1.82, 2.24) is 0 Å². The van der Waals surface area contributed by atoms with Crippen LogP contribution >= 0.6 is 15.9 Å². The summed E-state index contributed by atoms with van der Waals surface area (Å²) >= 11 is 3.56. The van der Waals surface area contributed by atoms with E-state index in [1.54, 1.807) is 0 Å². The van der Waals surface area contributed by atoms with Crippen molar-refractivity contribution in [3.63, 3.8) is 0 Å². The molecule has 0 aliphatic heterocycles. The first kappa shape index (κ1) is 14.1. The first-order chi connectivity index (χ1) is 9.26. The average molecular weight is 319 g/mol. The Morgan fingerprint density at radius 1 is 1.11 bits per heavy atom. The normalized spacial score (nSPS) is 12.2. The van der Waals surface area contributed by atoms with Gasteiger partial charge in [-0.3, -0.25) is 0 Å². The number of aryl methyl sites for hydroxylation is 1. The van der Waals surface area contributed by atoms with Crippen LogP contribution in [0.1, 0.15) is 24.1 Å². The smallest absolute Gasteiger partial charge is 0.0639 e. The molecule has 2 nitrogen and oxygen atoms in total. The van der Waals surface area contributed by atoms with Crippen molar-refractivity contribution in [3.05, 3.63) is 64.1 Å². The van der Waals surface area contributed by atoms with Gasteiger partial charge in [-0.2, -0.15) is 0 Å². The number of anilines is 1. The molecule has 1 atom stereocenters. The Labute approximate surface area is 123 Å². The van der Waals surface area contributed by atoms with E-state index in [1.165, 1.54) is 11.1 Å². The van der Waals surface area contributed by atoms with E-state index in [1.807, 2.05) is 18.2 Å². The molecule has 0 amide bonds. The number of halogens is 1. The molecule has 100 valence electrons. The van der Waals surface area contributed by atoms with Gasteiger partial charge in [0.2, 0.25) is 0 Å². The summed E-state index contributed by atoms with van der Waals surface area (Å²) in [4.78, 5) is 0. The Balaban J connectivity index is 2.28. The number of benzene rings is 2. The maximum Gasteiger partial charge on any atom is 0.0639 e. The molecule has 0 spiro atoms. The highest BCUT2D eigenvalue weighted by Crippen LogP contribution is 2.27. The molecule has 0 saturated heterocycles. The van der Waals surface area contributed by atoms with Crippen LogP contribution in [0.4, 0.5) is 5.69 Å². The van der Waals surface area contributed by atoms with Gasteiger partial charge in [-0.05, 0) is 45.6 Å². The van der Waals surface area contributed by atoms with Crippen molar-refractivity contribution in [2.45, 2.75) is 19.4 Å². The highest BCUT2D eigenvalue weighted by Gasteiger charge is 2.13. The van der Waals surface area contributed by atoms with E-state index in [4.69, 9.17) is 5.73 Å². The lowest BCUT2D eigenvalue weighted by Crippen LogP contribution is -2.22. The maximum absolute atomic E-state index is 5.95. The molecule has 2 aromatic rings. The molecule has 3 N–H and O–H groups in total. The second kappa shape index (κ2) is 6.73. The number of nitrogens with one attached hydrogen (secondary N) is 1. The Bertz CT molecular complexity index is 540. The summed E-state index contributed by atoms with van der Waals surface area (Å²) in [5.74, 6) is 0. The van der Waals surface area contributed by atoms with Gasteiger partial charge in [0.1, 0.15) is 0 Å². The van der Waals surface area contributed by atoms with E-state index in [0.717, 1.165) is 16.6 Å². The van der Waals surface area contributed by atoms with Crippen LogP contribution in [0, 0.1) is 0 Å². The van der Waals surface area contributed by atoms with Crippen molar-refractivity contribution in [2.75, 3.05) is 11.9 Å². The summed E-state index contributed by atoms with van der Waals surface area (Å²) in [6.45, 7) is 2.74. The minimum absolute atomic E-state index is 0.134. The monoisotopic (exact) mass is 318 g/mol. The third-order valence-corrected chi connectivity index (χ3v) is 3.94. The van der Waals surface area contributed by atoms with Gasteiger partial charge in [-0.1, -0.05) is 43.3 Å². The molecule has 0 aromatic heterocycles. The molecule has 1 unspecified atom stereocenters. The molecule has 0 radical (unpaired) electrons. The van der Waals surface area contributed by atoms with Crippen LogP contribution in [0.3, 0.4) is 0 Å². The Hall–Kier alpha value is -1.32. The number of rotatable bonds is 5. The minimum Gasteiger partial charge on any atom is -0.376 e. The first-order valence-corrected chi connectivity index (χ1v) is 7.34. The highest BCUT2D eigenvalue weighted by molar-refractivity contribution is 9.10. The fraction of sp³-hybridized carbons (Fsp3) is 0.250. The third-order valence-electron chi connectivity index (χ3n) is 3.25. The number of hydrogen-bond donors (Lipinski definition) is 2. The van der Waals surface area contributed by atoms with Crippen molar-refractivity contribution in [1.29, 1.82) is 0 Å². The zero-order valence-corrected chi connectivity index (χ0v) is 12.7. The lowest BCUT2D eigenvalue weighted by molar-refractivity contribution is 0.776. The summed E-state index contributed by atoms with van der Waals surface area (Å²) in [5.41, 5.74) is 9.65. The predicted molar refractivity (Wildman–Crippen MR) is 85.4 cm³/mol. The Morgan fingerprint density at radius 2 is 1.79 bits per heavy atom. The van der Waals surface area contributed by atoms with Crippen LogP contribution in [-0.2, 0) is 6.42 Å². The number of hydrogen-bond acceptors (Lipinski definition) is 2.